The Labute approximate surface area is 187 Å². The Morgan fingerprint density at radius 1 is 1.13 bits per heavy atom. The van der Waals surface area contributed by atoms with Crippen LogP contribution in [0, 0.1) is 11.3 Å². The van der Waals surface area contributed by atoms with Crippen molar-refractivity contribution < 1.29 is 14.6 Å². The SMILES string of the molecule is CC1CCN(C(=O)COc2ccc(CN3CC[C@@]4(CO)CCCN(C)[C@@H]4C3)cc2)CC1. The molecule has 0 bridgehead atoms. The van der Waals surface area contributed by atoms with Gasteiger partial charge in [0, 0.05) is 37.6 Å². The molecule has 1 amide bonds. The van der Waals surface area contributed by atoms with Crippen LogP contribution in [0.2, 0.25) is 0 Å². The molecular formula is C25H39N3O3. The smallest absolute Gasteiger partial charge is 0.260 e. The predicted octanol–water partition coefficient (Wildman–Crippen LogP) is 2.60. The van der Waals surface area contributed by atoms with Crippen LogP contribution in [0.4, 0.5) is 0 Å². The summed E-state index contributed by atoms with van der Waals surface area (Å²) in [6.45, 7) is 8.47. The minimum Gasteiger partial charge on any atom is -0.484 e. The van der Waals surface area contributed by atoms with Crippen molar-refractivity contribution in [1.82, 2.24) is 14.7 Å². The first-order valence-electron chi connectivity index (χ1n) is 12.0. The molecule has 3 heterocycles. The van der Waals surface area contributed by atoms with Crippen molar-refractivity contribution >= 4 is 5.91 Å². The molecule has 0 saturated carbocycles. The quantitative estimate of drug-likeness (QED) is 0.753. The first kappa shape index (κ1) is 22.6. The highest BCUT2D eigenvalue weighted by Gasteiger charge is 2.46. The summed E-state index contributed by atoms with van der Waals surface area (Å²) in [6, 6.07) is 8.62. The van der Waals surface area contributed by atoms with E-state index < -0.39 is 0 Å². The molecule has 2 atom stereocenters. The number of rotatable bonds is 6. The fourth-order valence-corrected chi connectivity index (χ4v) is 5.66. The van der Waals surface area contributed by atoms with Gasteiger partial charge in [-0.2, -0.15) is 0 Å². The fourth-order valence-electron chi connectivity index (χ4n) is 5.66. The first-order chi connectivity index (χ1) is 15.0. The van der Waals surface area contributed by atoms with Crippen molar-refractivity contribution in [3.63, 3.8) is 0 Å². The van der Waals surface area contributed by atoms with Crippen molar-refractivity contribution in [2.75, 3.05) is 53.0 Å². The molecule has 1 aromatic carbocycles. The molecular weight excluding hydrogens is 390 g/mol. The van der Waals surface area contributed by atoms with Crippen molar-refractivity contribution in [1.29, 1.82) is 0 Å². The average molecular weight is 430 g/mol. The van der Waals surface area contributed by atoms with Gasteiger partial charge in [0.25, 0.3) is 5.91 Å². The highest BCUT2D eigenvalue weighted by atomic mass is 16.5. The number of carbonyl (C=O) groups is 1. The summed E-state index contributed by atoms with van der Waals surface area (Å²) in [5.41, 5.74) is 1.35. The second-order valence-corrected chi connectivity index (χ2v) is 10.1. The summed E-state index contributed by atoms with van der Waals surface area (Å²) in [5, 5.41) is 10.1. The van der Waals surface area contributed by atoms with Gasteiger partial charge in [0.2, 0.25) is 0 Å². The van der Waals surface area contributed by atoms with Crippen LogP contribution in [0.1, 0.15) is 44.6 Å². The second-order valence-electron chi connectivity index (χ2n) is 10.1. The van der Waals surface area contributed by atoms with E-state index in [0.29, 0.717) is 12.6 Å². The molecule has 3 saturated heterocycles. The first-order valence-corrected chi connectivity index (χ1v) is 12.0. The summed E-state index contributed by atoms with van der Waals surface area (Å²) < 4.78 is 5.77. The molecule has 0 spiro atoms. The molecule has 0 aromatic heterocycles. The van der Waals surface area contributed by atoms with E-state index >= 15 is 0 Å². The largest absolute Gasteiger partial charge is 0.484 e. The maximum atomic E-state index is 12.4. The molecule has 1 aromatic rings. The van der Waals surface area contributed by atoms with Gasteiger partial charge in [-0.25, -0.2) is 0 Å². The number of likely N-dealkylation sites (N-methyl/N-ethyl adjacent to an activating group) is 1. The molecule has 6 heteroatoms. The molecule has 31 heavy (non-hydrogen) atoms. The van der Waals surface area contributed by atoms with Crippen LogP contribution in [0.15, 0.2) is 24.3 Å². The monoisotopic (exact) mass is 429 g/mol. The number of hydrogen-bond acceptors (Lipinski definition) is 5. The topological polar surface area (TPSA) is 56.3 Å². The molecule has 4 rings (SSSR count). The van der Waals surface area contributed by atoms with E-state index in [-0.39, 0.29) is 17.9 Å². The van der Waals surface area contributed by atoms with Gasteiger partial charge in [-0.3, -0.25) is 9.69 Å². The van der Waals surface area contributed by atoms with Crippen LogP contribution in [0.5, 0.6) is 5.75 Å². The van der Waals surface area contributed by atoms with Crippen molar-refractivity contribution in [3.8, 4) is 5.75 Å². The number of benzene rings is 1. The minimum absolute atomic E-state index is 0.0835. The van der Waals surface area contributed by atoms with E-state index in [9.17, 15) is 9.90 Å². The predicted molar refractivity (Wildman–Crippen MR) is 122 cm³/mol. The van der Waals surface area contributed by atoms with Crippen LogP contribution in [0.25, 0.3) is 0 Å². The van der Waals surface area contributed by atoms with Crippen molar-refractivity contribution in [2.45, 2.75) is 51.6 Å². The lowest BCUT2D eigenvalue weighted by Crippen LogP contribution is -2.61. The Morgan fingerprint density at radius 3 is 2.58 bits per heavy atom. The van der Waals surface area contributed by atoms with Gasteiger partial charge in [0.1, 0.15) is 5.75 Å². The zero-order chi connectivity index (χ0) is 21.8. The molecule has 0 unspecified atom stereocenters. The highest BCUT2D eigenvalue weighted by molar-refractivity contribution is 5.77. The Bertz CT molecular complexity index is 732. The molecule has 0 radical (unpaired) electrons. The van der Waals surface area contributed by atoms with Gasteiger partial charge in [-0.05, 0) is 75.9 Å². The molecule has 3 aliphatic heterocycles. The average Bonchev–Trinajstić information content (AvgIpc) is 2.79. The third-order valence-electron chi connectivity index (χ3n) is 7.92. The Hall–Kier alpha value is -1.63. The molecule has 3 aliphatic rings. The van der Waals surface area contributed by atoms with E-state index in [2.05, 4.69) is 35.9 Å². The van der Waals surface area contributed by atoms with Crippen LogP contribution < -0.4 is 4.74 Å². The number of aliphatic hydroxyl groups excluding tert-OH is 1. The number of carbonyl (C=O) groups excluding carboxylic acids is 1. The van der Waals surface area contributed by atoms with Gasteiger partial charge in [0.05, 0.1) is 6.61 Å². The fraction of sp³-hybridized carbons (Fsp3) is 0.720. The number of hydrogen-bond donors (Lipinski definition) is 1. The summed E-state index contributed by atoms with van der Waals surface area (Å²) >= 11 is 0. The summed E-state index contributed by atoms with van der Waals surface area (Å²) in [4.78, 5) is 19.3. The van der Waals surface area contributed by atoms with Crippen molar-refractivity contribution in [2.24, 2.45) is 11.3 Å². The summed E-state index contributed by atoms with van der Waals surface area (Å²) in [7, 11) is 2.20. The standard InChI is InChI=1S/C25H39N3O3/c1-20-8-13-28(14-9-20)24(30)18-31-22-6-4-21(5-7-22)16-27-15-11-25(19-29)10-3-12-26(2)23(25)17-27/h4-7,20,23,29H,3,8-19H2,1-2H3/t23-,25-/m1/s1. The van der Waals surface area contributed by atoms with E-state index in [1.807, 2.05) is 17.0 Å². The van der Waals surface area contributed by atoms with Crippen LogP contribution in [-0.4, -0.2) is 84.7 Å². The molecule has 172 valence electrons. The van der Waals surface area contributed by atoms with E-state index in [1.165, 1.54) is 12.0 Å². The van der Waals surface area contributed by atoms with Gasteiger partial charge in [0.15, 0.2) is 6.61 Å². The molecule has 1 N–H and O–H groups in total. The Morgan fingerprint density at radius 2 is 1.87 bits per heavy atom. The van der Waals surface area contributed by atoms with Gasteiger partial charge in [-0.1, -0.05) is 19.1 Å². The molecule has 6 nitrogen and oxygen atoms in total. The second kappa shape index (κ2) is 9.88. The zero-order valence-electron chi connectivity index (χ0n) is 19.3. The number of piperidine rings is 3. The lowest BCUT2D eigenvalue weighted by molar-refractivity contribution is -0.134. The maximum absolute atomic E-state index is 12.4. The Kier molecular flexibility index (Phi) is 7.19. The lowest BCUT2D eigenvalue weighted by Gasteiger charge is -2.53. The van der Waals surface area contributed by atoms with Crippen LogP contribution >= 0.6 is 0 Å². The molecule has 0 aliphatic carbocycles. The van der Waals surface area contributed by atoms with E-state index in [1.54, 1.807) is 0 Å². The normalized spacial score (nSPS) is 28.4. The van der Waals surface area contributed by atoms with Gasteiger partial charge < -0.3 is 19.6 Å². The van der Waals surface area contributed by atoms with Crippen LogP contribution in [-0.2, 0) is 11.3 Å². The third-order valence-corrected chi connectivity index (χ3v) is 7.92. The number of aliphatic hydroxyl groups is 1. The summed E-state index contributed by atoms with van der Waals surface area (Å²) in [6.07, 6.45) is 5.58. The van der Waals surface area contributed by atoms with Crippen LogP contribution in [0.3, 0.4) is 0 Å². The zero-order valence-corrected chi connectivity index (χ0v) is 19.3. The number of ether oxygens (including phenoxy) is 1. The number of nitrogens with zero attached hydrogens (tertiary/aromatic N) is 3. The summed E-state index contributed by atoms with van der Waals surface area (Å²) in [5.74, 6) is 1.57. The van der Waals surface area contributed by atoms with E-state index in [0.717, 1.165) is 76.6 Å². The Balaban J connectivity index is 1.26. The highest BCUT2D eigenvalue weighted by Crippen LogP contribution is 2.41. The van der Waals surface area contributed by atoms with Crippen molar-refractivity contribution in [3.05, 3.63) is 29.8 Å². The minimum atomic E-state index is 0.0835. The third kappa shape index (κ3) is 5.24. The number of amides is 1. The van der Waals surface area contributed by atoms with Gasteiger partial charge >= 0.3 is 0 Å². The molecule has 3 fully saturated rings. The van der Waals surface area contributed by atoms with E-state index in [4.69, 9.17) is 4.74 Å². The number of likely N-dealkylation sites (tertiary alicyclic amines) is 3. The number of fused-ring (bicyclic) bond motifs is 1. The lowest BCUT2D eigenvalue weighted by atomic mass is 9.69. The maximum Gasteiger partial charge on any atom is 0.260 e. The van der Waals surface area contributed by atoms with Gasteiger partial charge in [-0.15, -0.1) is 0 Å².